The Kier molecular flexibility index (Phi) is 3.75. The summed E-state index contributed by atoms with van der Waals surface area (Å²) in [7, 11) is 0. The predicted molar refractivity (Wildman–Crippen MR) is 63.5 cm³/mol. The van der Waals surface area contributed by atoms with E-state index in [4.69, 9.17) is 10.3 Å². The zero-order chi connectivity index (χ0) is 11.2. The van der Waals surface area contributed by atoms with Crippen molar-refractivity contribution in [3.05, 3.63) is 60.1 Å². The van der Waals surface area contributed by atoms with Crippen molar-refractivity contribution in [2.75, 3.05) is 0 Å². The van der Waals surface area contributed by atoms with Crippen LogP contribution >= 0.6 is 0 Å². The molecule has 3 nitrogen and oxygen atoms in total. The van der Waals surface area contributed by atoms with Crippen molar-refractivity contribution >= 4 is 0 Å². The highest BCUT2D eigenvalue weighted by Gasteiger charge is 2.11. The molecular formula is C13H16N2O. The number of hydrazine groups is 1. The highest BCUT2D eigenvalue weighted by atomic mass is 16.3. The molecule has 1 unspecified atom stereocenters. The third-order valence-corrected chi connectivity index (χ3v) is 2.65. The van der Waals surface area contributed by atoms with Crippen LogP contribution in [0.1, 0.15) is 23.8 Å². The van der Waals surface area contributed by atoms with Gasteiger partial charge in [-0.05, 0) is 30.5 Å². The fourth-order valence-corrected chi connectivity index (χ4v) is 1.75. The average molecular weight is 216 g/mol. The fourth-order valence-electron chi connectivity index (χ4n) is 1.75. The normalized spacial score (nSPS) is 12.6. The van der Waals surface area contributed by atoms with Crippen LogP contribution in [0.5, 0.6) is 0 Å². The largest absolute Gasteiger partial charge is 0.468 e. The molecule has 0 bridgehead atoms. The van der Waals surface area contributed by atoms with Crippen LogP contribution in [0.4, 0.5) is 0 Å². The van der Waals surface area contributed by atoms with E-state index in [0.29, 0.717) is 0 Å². The van der Waals surface area contributed by atoms with E-state index in [1.165, 1.54) is 5.56 Å². The fraction of sp³-hybridized carbons (Fsp3) is 0.231. The summed E-state index contributed by atoms with van der Waals surface area (Å²) in [5.74, 6) is 6.41. The molecule has 1 aromatic carbocycles. The first kappa shape index (κ1) is 10.9. The Morgan fingerprint density at radius 2 is 1.94 bits per heavy atom. The van der Waals surface area contributed by atoms with Gasteiger partial charge in [-0.15, -0.1) is 0 Å². The summed E-state index contributed by atoms with van der Waals surface area (Å²) in [6.07, 6.45) is 3.58. The van der Waals surface area contributed by atoms with Crippen LogP contribution in [0, 0.1) is 0 Å². The van der Waals surface area contributed by atoms with Crippen molar-refractivity contribution in [1.29, 1.82) is 0 Å². The number of furan rings is 1. The van der Waals surface area contributed by atoms with E-state index >= 15 is 0 Å². The van der Waals surface area contributed by atoms with Crippen LogP contribution < -0.4 is 11.3 Å². The smallest absolute Gasteiger partial charge is 0.122 e. The van der Waals surface area contributed by atoms with E-state index in [2.05, 4.69) is 17.6 Å². The van der Waals surface area contributed by atoms with Crippen molar-refractivity contribution in [3.8, 4) is 0 Å². The maximum Gasteiger partial charge on any atom is 0.122 e. The molecule has 0 aliphatic rings. The molecule has 0 amide bonds. The lowest BCUT2D eigenvalue weighted by atomic mass is 10.0. The molecule has 0 aliphatic heterocycles. The Bertz CT molecular complexity index is 397. The second kappa shape index (κ2) is 5.49. The van der Waals surface area contributed by atoms with Crippen molar-refractivity contribution in [3.63, 3.8) is 0 Å². The van der Waals surface area contributed by atoms with Crippen molar-refractivity contribution in [2.24, 2.45) is 5.84 Å². The standard InChI is InChI=1S/C13H16N2O/c14-15-12(13-7-4-10-16-13)9-8-11-5-2-1-3-6-11/h1-7,10,12,15H,8-9,14H2. The van der Waals surface area contributed by atoms with Gasteiger partial charge in [0.2, 0.25) is 0 Å². The molecule has 3 N–H and O–H groups in total. The molecule has 84 valence electrons. The molecule has 0 saturated carbocycles. The zero-order valence-electron chi connectivity index (χ0n) is 9.10. The Labute approximate surface area is 95.2 Å². The number of benzene rings is 1. The molecule has 16 heavy (non-hydrogen) atoms. The molecule has 0 spiro atoms. The molecule has 0 fully saturated rings. The van der Waals surface area contributed by atoms with E-state index in [9.17, 15) is 0 Å². The van der Waals surface area contributed by atoms with Gasteiger partial charge in [0.05, 0.1) is 12.3 Å². The summed E-state index contributed by atoms with van der Waals surface area (Å²) in [5.41, 5.74) is 4.10. The van der Waals surface area contributed by atoms with Crippen LogP contribution in [0.3, 0.4) is 0 Å². The molecule has 0 aliphatic carbocycles. The zero-order valence-corrected chi connectivity index (χ0v) is 9.10. The molecule has 2 aromatic rings. The summed E-state index contributed by atoms with van der Waals surface area (Å²) in [6, 6.07) is 14.3. The highest BCUT2D eigenvalue weighted by Crippen LogP contribution is 2.18. The SMILES string of the molecule is NNC(CCc1ccccc1)c1ccco1. The number of rotatable bonds is 5. The van der Waals surface area contributed by atoms with Crippen molar-refractivity contribution < 1.29 is 4.42 Å². The minimum absolute atomic E-state index is 0.0789. The number of hydrogen-bond acceptors (Lipinski definition) is 3. The summed E-state index contributed by atoms with van der Waals surface area (Å²) < 4.78 is 5.33. The first-order chi connectivity index (χ1) is 7.90. The van der Waals surface area contributed by atoms with Crippen LogP contribution in [-0.4, -0.2) is 0 Å². The van der Waals surface area contributed by atoms with E-state index < -0.39 is 0 Å². The Morgan fingerprint density at radius 3 is 2.56 bits per heavy atom. The van der Waals surface area contributed by atoms with Crippen LogP contribution in [-0.2, 0) is 6.42 Å². The van der Waals surface area contributed by atoms with E-state index in [-0.39, 0.29) is 6.04 Å². The van der Waals surface area contributed by atoms with Gasteiger partial charge in [-0.25, -0.2) is 5.43 Å². The van der Waals surface area contributed by atoms with Crippen LogP contribution in [0.2, 0.25) is 0 Å². The number of nitrogens with one attached hydrogen (secondary N) is 1. The summed E-state index contributed by atoms with van der Waals surface area (Å²) in [5, 5.41) is 0. The quantitative estimate of drug-likeness (QED) is 0.596. The number of nitrogens with two attached hydrogens (primary N) is 1. The molecule has 0 radical (unpaired) electrons. The summed E-state index contributed by atoms with van der Waals surface area (Å²) in [6.45, 7) is 0. The van der Waals surface area contributed by atoms with Gasteiger partial charge in [0.25, 0.3) is 0 Å². The molecular weight excluding hydrogens is 200 g/mol. The van der Waals surface area contributed by atoms with Gasteiger partial charge in [-0.3, -0.25) is 5.84 Å². The maximum absolute atomic E-state index is 5.52. The van der Waals surface area contributed by atoms with Gasteiger partial charge in [-0.1, -0.05) is 30.3 Å². The van der Waals surface area contributed by atoms with Gasteiger partial charge in [0.1, 0.15) is 5.76 Å². The van der Waals surface area contributed by atoms with Gasteiger partial charge in [0, 0.05) is 0 Å². The van der Waals surface area contributed by atoms with Crippen molar-refractivity contribution in [2.45, 2.75) is 18.9 Å². The average Bonchev–Trinajstić information content (AvgIpc) is 2.85. The van der Waals surface area contributed by atoms with E-state index in [0.717, 1.165) is 18.6 Å². The number of hydrogen-bond donors (Lipinski definition) is 2. The number of aryl methyl sites for hydroxylation is 1. The Balaban J connectivity index is 1.94. The molecule has 0 saturated heterocycles. The van der Waals surface area contributed by atoms with Gasteiger partial charge in [0.15, 0.2) is 0 Å². The lowest BCUT2D eigenvalue weighted by Gasteiger charge is -2.12. The molecule has 1 heterocycles. The minimum atomic E-state index is 0.0789. The highest BCUT2D eigenvalue weighted by molar-refractivity contribution is 5.15. The van der Waals surface area contributed by atoms with Gasteiger partial charge >= 0.3 is 0 Å². The van der Waals surface area contributed by atoms with E-state index in [1.54, 1.807) is 6.26 Å². The third kappa shape index (κ3) is 2.72. The minimum Gasteiger partial charge on any atom is -0.468 e. The monoisotopic (exact) mass is 216 g/mol. The summed E-state index contributed by atoms with van der Waals surface area (Å²) >= 11 is 0. The maximum atomic E-state index is 5.52. The van der Waals surface area contributed by atoms with Gasteiger partial charge in [-0.2, -0.15) is 0 Å². The third-order valence-electron chi connectivity index (χ3n) is 2.65. The second-order valence-corrected chi connectivity index (χ2v) is 3.76. The molecule has 2 rings (SSSR count). The summed E-state index contributed by atoms with van der Waals surface area (Å²) in [4.78, 5) is 0. The molecule has 1 aromatic heterocycles. The van der Waals surface area contributed by atoms with Crippen molar-refractivity contribution in [1.82, 2.24) is 5.43 Å². The lowest BCUT2D eigenvalue weighted by Crippen LogP contribution is -2.28. The first-order valence-electron chi connectivity index (χ1n) is 5.43. The first-order valence-corrected chi connectivity index (χ1v) is 5.43. The predicted octanol–water partition coefficient (Wildman–Crippen LogP) is 2.42. The van der Waals surface area contributed by atoms with Gasteiger partial charge < -0.3 is 4.42 Å². The lowest BCUT2D eigenvalue weighted by molar-refractivity contribution is 0.401. The Morgan fingerprint density at radius 1 is 1.12 bits per heavy atom. The molecule has 1 atom stereocenters. The van der Waals surface area contributed by atoms with E-state index in [1.807, 2.05) is 30.3 Å². The Hall–Kier alpha value is -1.58. The van der Waals surface area contributed by atoms with Crippen LogP contribution in [0.15, 0.2) is 53.1 Å². The topological polar surface area (TPSA) is 51.2 Å². The van der Waals surface area contributed by atoms with Crippen LogP contribution in [0.25, 0.3) is 0 Å². The second-order valence-electron chi connectivity index (χ2n) is 3.76. The molecule has 3 heteroatoms.